The van der Waals surface area contributed by atoms with Crippen LogP contribution in [0.15, 0.2) is 66.7 Å². The Morgan fingerprint density at radius 1 is 0.853 bits per heavy atom. The van der Waals surface area contributed by atoms with Crippen molar-refractivity contribution in [1.29, 1.82) is 0 Å². The minimum absolute atomic E-state index is 0.0410. The molecule has 8 heteroatoms. The van der Waals surface area contributed by atoms with Crippen LogP contribution in [0, 0.1) is 24.4 Å². The summed E-state index contributed by atoms with van der Waals surface area (Å²) in [6, 6.07) is 18.9. The normalized spacial score (nSPS) is 10.8. The lowest BCUT2D eigenvalue weighted by molar-refractivity contribution is -0.123. The zero-order valence-electron chi connectivity index (χ0n) is 18.2. The first kappa shape index (κ1) is 23.0. The molecule has 2 amide bonds. The van der Waals surface area contributed by atoms with Crippen molar-refractivity contribution < 1.29 is 22.8 Å². The van der Waals surface area contributed by atoms with Crippen LogP contribution >= 0.6 is 0 Å². The van der Waals surface area contributed by atoms with Gasteiger partial charge in [0.15, 0.2) is 17.5 Å². The molecule has 4 aromatic rings. The Hall–Kier alpha value is -4.20. The quantitative estimate of drug-likeness (QED) is 0.399. The summed E-state index contributed by atoms with van der Waals surface area (Å²) in [7, 11) is 0. The van der Waals surface area contributed by atoms with Gasteiger partial charge in [-0.25, -0.2) is 13.2 Å². The number of nitrogens with one attached hydrogen (secondary N) is 2. The fourth-order valence-electron chi connectivity index (χ4n) is 3.74. The Balaban J connectivity index is 1.53. The topological polar surface area (TPSA) is 71.1 Å². The highest BCUT2D eigenvalue weighted by molar-refractivity contribution is 5.99. The fraction of sp³-hybridized carbons (Fsp3) is 0.115. The van der Waals surface area contributed by atoms with E-state index in [1.807, 2.05) is 61.5 Å². The molecule has 0 radical (unpaired) electrons. The number of para-hydroxylation sites is 1. The minimum atomic E-state index is -1.69. The first-order valence-electron chi connectivity index (χ1n) is 10.5. The molecular weight excluding hydrogens is 443 g/mol. The first-order chi connectivity index (χ1) is 16.3. The van der Waals surface area contributed by atoms with E-state index < -0.39 is 41.5 Å². The number of carbonyl (C=O) groups excluding carboxylic acids is 2. The maximum absolute atomic E-state index is 13.8. The molecule has 0 unspecified atom stereocenters. The number of pyridine rings is 1. The van der Waals surface area contributed by atoms with Crippen molar-refractivity contribution in [1.82, 2.24) is 10.3 Å². The molecule has 4 rings (SSSR count). The molecule has 172 valence electrons. The predicted molar refractivity (Wildman–Crippen MR) is 124 cm³/mol. The lowest BCUT2D eigenvalue weighted by Gasteiger charge is -2.16. The summed E-state index contributed by atoms with van der Waals surface area (Å²) in [4.78, 5) is 29.5. The number of aromatic nitrogens is 1. The molecule has 0 atom stereocenters. The van der Waals surface area contributed by atoms with Gasteiger partial charge in [0.1, 0.15) is 0 Å². The van der Waals surface area contributed by atoms with E-state index >= 15 is 0 Å². The van der Waals surface area contributed by atoms with Gasteiger partial charge in [-0.3, -0.25) is 14.6 Å². The largest absolute Gasteiger partial charge is 0.347 e. The summed E-state index contributed by atoms with van der Waals surface area (Å²) < 4.78 is 40.2. The smallest absolute Gasteiger partial charge is 0.243 e. The number of amides is 2. The number of fused-ring (bicyclic) bond motifs is 1. The summed E-state index contributed by atoms with van der Waals surface area (Å²) >= 11 is 0. The van der Waals surface area contributed by atoms with Gasteiger partial charge in [0, 0.05) is 11.1 Å². The second-order valence-corrected chi connectivity index (χ2v) is 7.66. The van der Waals surface area contributed by atoms with Gasteiger partial charge < -0.3 is 10.6 Å². The van der Waals surface area contributed by atoms with E-state index in [1.165, 1.54) is 0 Å². The third-order valence-corrected chi connectivity index (χ3v) is 5.36. The van der Waals surface area contributed by atoms with Crippen molar-refractivity contribution in [2.24, 2.45) is 0 Å². The van der Waals surface area contributed by atoms with Crippen LogP contribution in [0.5, 0.6) is 0 Å². The SMILES string of the molecule is Cc1nc2ccccc2c(-c2ccccc2)c1CC(=O)NCC(=O)Nc1ccc(F)c(F)c1F. The predicted octanol–water partition coefficient (Wildman–Crippen LogP) is 4.92. The van der Waals surface area contributed by atoms with Crippen LogP contribution < -0.4 is 10.6 Å². The maximum atomic E-state index is 13.8. The Morgan fingerprint density at radius 2 is 1.56 bits per heavy atom. The number of carbonyl (C=O) groups is 2. The van der Waals surface area contributed by atoms with Gasteiger partial charge >= 0.3 is 0 Å². The average Bonchev–Trinajstić information content (AvgIpc) is 2.84. The minimum Gasteiger partial charge on any atom is -0.347 e. The van der Waals surface area contributed by atoms with Gasteiger partial charge in [-0.05, 0) is 41.8 Å². The Labute approximate surface area is 193 Å². The summed E-state index contributed by atoms with van der Waals surface area (Å²) in [5.74, 6) is -5.79. The highest BCUT2D eigenvalue weighted by atomic mass is 19.2. The summed E-state index contributed by atoms with van der Waals surface area (Å²) in [6.45, 7) is 1.35. The second-order valence-electron chi connectivity index (χ2n) is 7.66. The van der Waals surface area contributed by atoms with Crippen LogP contribution in [0.4, 0.5) is 18.9 Å². The number of hydrogen-bond acceptors (Lipinski definition) is 3. The summed E-state index contributed by atoms with van der Waals surface area (Å²) in [5, 5.41) is 5.50. The van der Waals surface area contributed by atoms with Gasteiger partial charge in [-0.2, -0.15) is 0 Å². The third-order valence-electron chi connectivity index (χ3n) is 5.36. The zero-order chi connectivity index (χ0) is 24.2. The lowest BCUT2D eigenvalue weighted by atomic mass is 9.92. The molecule has 2 N–H and O–H groups in total. The number of aryl methyl sites for hydroxylation is 1. The van der Waals surface area contributed by atoms with E-state index in [9.17, 15) is 22.8 Å². The Bertz CT molecular complexity index is 1390. The molecule has 0 saturated heterocycles. The van der Waals surface area contributed by atoms with Crippen LogP contribution in [-0.4, -0.2) is 23.3 Å². The van der Waals surface area contributed by atoms with Crippen molar-refractivity contribution in [3.05, 3.63) is 95.4 Å². The molecule has 1 aromatic heterocycles. The molecule has 1 heterocycles. The Morgan fingerprint density at radius 3 is 2.32 bits per heavy atom. The molecular formula is C26H20F3N3O2. The monoisotopic (exact) mass is 463 g/mol. The number of nitrogens with zero attached hydrogens (tertiary/aromatic N) is 1. The zero-order valence-corrected chi connectivity index (χ0v) is 18.2. The number of halogens is 3. The van der Waals surface area contributed by atoms with Crippen LogP contribution in [-0.2, 0) is 16.0 Å². The van der Waals surface area contributed by atoms with Crippen molar-refractivity contribution in [2.45, 2.75) is 13.3 Å². The van der Waals surface area contributed by atoms with Crippen LogP contribution in [0.25, 0.3) is 22.0 Å². The molecule has 0 aliphatic carbocycles. The standard InChI is InChI=1S/C26H20F3N3O2/c1-15-18(24(16-7-3-2-4-8-16)17-9-5-6-10-20(17)31-15)13-22(33)30-14-23(34)32-21-12-11-19(27)25(28)26(21)29/h2-12H,13-14H2,1H3,(H,30,33)(H,32,34). The number of rotatable bonds is 6. The highest BCUT2D eigenvalue weighted by Crippen LogP contribution is 2.33. The average molecular weight is 463 g/mol. The lowest BCUT2D eigenvalue weighted by Crippen LogP contribution is -2.34. The molecule has 5 nitrogen and oxygen atoms in total. The van der Waals surface area contributed by atoms with Crippen LogP contribution in [0.3, 0.4) is 0 Å². The molecule has 0 bridgehead atoms. The van der Waals surface area contributed by atoms with E-state index in [0.29, 0.717) is 11.8 Å². The fourth-order valence-corrected chi connectivity index (χ4v) is 3.74. The van der Waals surface area contributed by atoms with Crippen molar-refractivity contribution in [3.8, 4) is 11.1 Å². The second kappa shape index (κ2) is 9.74. The number of benzene rings is 3. The first-order valence-corrected chi connectivity index (χ1v) is 10.5. The molecule has 34 heavy (non-hydrogen) atoms. The molecule has 3 aromatic carbocycles. The molecule has 0 spiro atoms. The van der Waals surface area contributed by atoms with Crippen molar-refractivity contribution in [2.75, 3.05) is 11.9 Å². The summed E-state index contributed by atoms with van der Waals surface area (Å²) in [5.41, 5.74) is 3.50. The number of anilines is 1. The van der Waals surface area contributed by atoms with E-state index in [-0.39, 0.29) is 6.42 Å². The van der Waals surface area contributed by atoms with Gasteiger partial charge in [-0.15, -0.1) is 0 Å². The molecule has 0 saturated carbocycles. The highest BCUT2D eigenvalue weighted by Gasteiger charge is 2.19. The number of hydrogen-bond donors (Lipinski definition) is 2. The maximum Gasteiger partial charge on any atom is 0.243 e. The van der Waals surface area contributed by atoms with E-state index in [0.717, 1.165) is 33.7 Å². The van der Waals surface area contributed by atoms with Gasteiger partial charge in [0.25, 0.3) is 0 Å². The van der Waals surface area contributed by atoms with E-state index in [1.54, 1.807) is 0 Å². The van der Waals surface area contributed by atoms with Crippen molar-refractivity contribution >= 4 is 28.4 Å². The Kier molecular flexibility index (Phi) is 6.58. The van der Waals surface area contributed by atoms with Gasteiger partial charge in [0.05, 0.1) is 24.2 Å². The van der Waals surface area contributed by atoms with Gasteiger partial charge in [-0.1, -0.05) is 48.5 Å². The van der Waals surface area contributed by atoms with Crippen LogP contribution in [0.1, 0.15) is 11.3 Å². The van der Waals surface area contributed by atoms with Crippen molar-refractivity contribution in [3.63, 3.8) is 0 Å². The molecule has 0 aliphatic heterocycles. The third kappa shape index (κ3) is 4.76. The van der Waals surface area contributed by atoms with E-state index in [4.69, 9.17) is 0 Å². The summed E-state index contributed by atoms with van der Waals surface area (Å²) in [6.07, 6.45) is -0.0410. The molecule has 0 fully saturated rings. The molecule has 0 aliphatic rings. The van der Waals surface area contributed by atoms with E-state index in [2.05, 4.69) is 15.6 Å². The van der Waals surface area contributed by atoms with Gasteiger partial charge in [0.2, 0.25) is 11.8 Å². The van der Waals surface area contributed by atoms with Crippen LogP contribution in [0.2, 0.25) is 0 Å².